The van der Waals surface area contributed by atoms with Gasteiger partial charge in [-0.1, -0.05) is 38.5 Å². The van der Waals surface area contributed by atoms with Gasteiger partial charge in [0.25, 0.3) is 0 Å². The van der Waals surface area contributed by atoms with E-state index >= 15 is 0 Å². The van der Waals surface area contributed by atoms with Gasteiger partial charge < -0.3 is 5.32 Å². The zero-order valence-corrected chi connectivity index (χ0v) is 12.1. The molecule has 2 heteroatoms. The molecule has 3 aliphatic rings. The van der Waals surface area contributed by atoms with Gasteiger partial charge in [-0.15, -0.1) is 0 Å². The van der Waals surface area contributed by atoms with Gasteiger partial charge in [0.15, 0.2) is 0 Å². The normalized spacial score (nSPS) is 33.5. The standard InChI is InChI=1S/C16H30N2/c1-14-12-17-16(9-4-5-10-16)13-18(14)11-8-15-6-2-3-7-15/h14-15,17H,2-13H2,1H3. The number of rotatable bonds is 3. The van der Waals surface area contributed by atoms with E-state index in [4.69, 9.17) is 0 Å². The Kier molecular flexibility index (Phi) is 3.95. The first kappa shape index (κ1) is 12.9. The summed E-state index contributed by atoms with van der Waals surface area (Å²) in [7, 11) is 0. The highest BCUT2D eigenvalue weighted by atomic mass is 15.2. The second-order valence-corrected chi connectivity index (χ2v) is 7.13. The van der Waals surface area contributed by atoms with Crippen LogP contribution in [0, 0.1) is 5.92 Å². The van der Waals surface area contributed by atoms with Gasteiger partial charge in [-0.2, -0.15) is 0 Å². The third kappa shape index (κ3) is 2.75. The zero-order chi connectivity index (χ0) is 12.4. The van der Waals surface area contributed by atoms with E-state index in [0.717, 1.165) is 12.0 Å². The number of hydrogen-bond donors (Lipinski definition) is 1. The molecule has 104 valence electrons. The summed E-state index contributed by atoms with van der Waals surface area (Å²) in [6.07, 6.45) is 13.2. The average Bonchev–Trinajstić information content (AvgIpc) is 3.03. The van der Waals surface area contributed by atoms with Crippen LogP contribution in [-0.4, -0.2) is 36.1 Å². The lowest BCUT2D eigenvalue weighted by molar-refractivity contribution is 0.0837. The molecular weight excluding hydrogens is 220 g/mol. The molecule has 2 saturated carbocycles. The molecule has 2 nitrogen and oxygen atoms in total. The summed E-state index contributed by atoms with van der Waals surface area (Å²) >= 11 is 0. The van der Waals surface area contributed by atoms with Gasteiger partial charge >= 0.3 is 0 Å². The van der Waals surface area contributed by atoms with Gasteiger partial charge in [0, 0.05) is 24.7 Å². The maximum Gasteiger partial charge on any atom is 0.0309 e. The van der Waals surface area contributed by atoms with Crippen LogP contribution in [0.2, 0.25) is 0 Å². The van der Waals surface area contributed by atoms with E-state index in [-0.39, 0.29) is 0 Å². The predicted octanol–water partition coefficient (Wildman–Crippen LogP) is 3.17. The molecule has 2 aliphatic carbocycles. The van der Waals surface area contributed by atoms with E-state index in [1.807, 2.05) is 0 Å². The van der Waals surface area contributed by atoms with Crippen molar-refractivity contribution in [2.75, 3.05) is 19.6 Å². The van der Waals surface area contributed by atoms with Crippen LogP contribution in [0.25, 0.3) is 0 Å². The molecule has 1 atom stereocenters. The molecule has 1 spiro atoms. The van der Waals surface area contributed by atoms with Crippen LogP contribution in [0.4, 0.5) is 0 Å². The molecule has 3 rings (SSSR count). The quantitative estimate of drug-likeness (QED) is 0.827. The van der Waals surface area contributed by atoms with Crippen LogP contribution < -0.4 is 5.32 Å². The van der Waals surface area contributed by atoms with E-state index in [1.54, 1.807) is 0 Å². The van der Waals surface area contributed by atoms with Crippen molar-refractivity contribution in [3.8, 4) is 0 Å². The minimum Gasteiger partial charge on any atom is -0.308 e. The van der Waals surface area contributed by atoms with Crippen molar-refractivity contribution < 1.29 is 0 Å². The fraction of sp³-hybridized carbons (Fsp3) is 1.00. The highest BCUT2D eigenvalue weighted by Gasteiger charge is 2.39. The lowest BCUT2D eigenvalue weighted by Gasteiger charge is -2.45. The molecular formula is C16H30N2. The molecule has 1 aliphatic heterocycles. The van der Waals surface area contributed by atoms with Crippen LogP contribution >= 0.6 is 0 Å². The molecule has 0 bridgehead atoms. The summed E-state index contributed by atoms with van der Waals surface area (Å²) in [6.45, 7) is 6.30. The summed E-state index contributed by atoms with van der Waals surface area (Å²) in [4.78, 5) is 2.79. The Morgan fingerprint density at radius 3 is 2.56 bits per heavy atom. The van der Waals surface area contributed by atoms with Crippen LogP contribution in [0.1, 0.15) is 64.7 Å². The molecule has 1 heterocycles. The molecule has 0 aromatic carbocycles. The topological polar surface area (TPSA) is 15.3 Å². The summed E-state index contributed by atoms with van der Waals surface area (Å²) in [5.41, 5.74) is 0.502. The van der Waals surface area contributed by atoms with Crippen molar-refractivity contribution in [1.29, 1.82) is 0 Å². The number of piperazine rings is 1. The van der Waals surface area contributed by atoms with Crippen LogP contribution in [0.15, 0.2) is 0 Å². The largest absolute Gasteiger partial charge is 0.308 e. The fourth-order valence-corrected chi connectivity index (χ4v) is 4.43. The summed E-state index contributed by atoms with van der Waals surface area (Å²) < 4.78 is 0. The third-order valence-corrected chi connectivity index (χ3v) is 5.76. The molecule has 18 heavy (non-hydrogen) atoms. The molecule has 0 aromatic heterocycles. The zero-order valence-electron chi connectivity index (χ0n) is 12.1. The van der Waals surface area contributed by atoms with Crippen LogP contribution in [0.3, 0.4) is 0 Å². The number of nitrogens with one attached hydrogen (secondary N) is 1. The van der Waals surface area contributed by atoms with Crippen molar-refractivity contribution >= 4 is 0 Å². The SMILES string of the molecule is CC1CNC2(CCCC2)CN1CCC1CCCC1. The highest BCUT2D eigenvalue weighted by molar-refractivity contribution is 5.00. The lowest BCUT2D eigenvalue weighted by Crippen LogP contribution is -2.62. The Morgan fingerprint density at radius 2 is 1.83 bits per heavy atom. The Balaban J connectivity index is 1.52. The van der Waals surface area contributed by atoms with E-state index in [1.165, 1.54) is 77.4 Å². The van der Waals surface area contributed by atoms with Gasteiger partial charge in [-0.25, -0.2) is 0 Å². The maximum atomic E-state index is 3.86. The van der Waals surface area contributed by atoms with Gasteiger partial charge in [0.2, 0.25) is 0 Å². The van der Waals surface area contributed by atoms with Gasteiger partial charge in [-0.3, -0.25) is 4.90 Å². The van der Waals surface area contributed by atoms with E-state index in [2.05, 4.69) is 17.1 Å². The van der Waals surface area contributed by atoms with Gasteiger partial charge in [-0.05, 0) is 38.6 Å². The molecule has 0 radical (unpaired) electrons. The third-order valence-electron chi connectivity index (χ3n) is 5.76. The minimum atomic E-state index is 0.502. The van der Waals surface area contributed by atoms with Crippen LogP contribution in [0.5, 0.6) is 0 Å². The maximum absolute atomic E-state index is 3.86. The Morgan fingerprint density at radius 1 is 1.11 bits per heavy atom. The first-order valence-electron chi connectivity index (χ1n) is 8.27. The van der Waals surface area contributed by atoms with Crippen molar-refractivity contribution in [2.24, 2.45) is 5.92 Å². The Bertz CT molecular complexity index is 264. The summed E-state index contributed by atoms with van der Waals surface area (Å²) in [6, 6.07) is 0.748. The number of nitrogens with zero attached hydrogens (tertiary/aromatic N) is 1. The second kappa shape index (κ2) is 5.50. The first-order chi connectivity index (χ1) is 8.77. The molecule has 1 saturated heterocycles. The van der Waals surface area contributed by atoms with Crippen molar-refractivity contribution in [3.05, 3.63) is 0 Å². The average molecular weight is 250 g/mol. The Labute approximate surface area is 113 Å². The van der Waals surface area contributed by atoms with E-state index in [0.29, 0.717) is 5.54 Å². The summed E-state index contributed by atoms with van der Waals surface area (Å²) in [5, 5.41) is 3.86. The van der Waals surface area contributed by atoms with Crippen LogP contribution in [-0.2, 0) is 0 Å². The first-order valence-corrected chi connectivity index (χ1v) is 8.27. The van der Waals surface area contributed by atoms with E-state index in [9.17, 15) is 0 Å². The Hall–Kier alpha value is -0.0800. The van der Waals surface area contributed by atoms with Crippen molar-refractivity contribution in [3.63, 3.8) is 0 Å². The van der Waals surface area contributed by atoms with E-state index < -0.39 is 0 Å². The molecule has 0 amide bonds. The smallest absolute Gasteiger partial charge is 0.0309 e. The van der Waals surface area contributed by atoms with Gasteiger partial charge in [0.1, 0.15) is 0 Å². The van der Waals surface area contributed by atoms with Crippen molar-refractivity contribution in [1.82, 2.24) is 10.2 Å². The molecule has 3 fully saturated rings. The lowest BCUT2D eigenvalue weighted by atomic mass is 9.92. The number of hydrogen-bond acceptors (Lipinski definition) is 2. The molecule has 1 unspecified atom stereocenters. The monoisotopic (exact) mass is 250 g/mol. The molecule has 1 N–H and O–H groups in total. The fourth-order valence-electron chi connectivity index (χ4n) is 4.43. The van der Waals surface area contributed by atoms with Crippen molar-refractivity contribution in [2.45, 2.75) is 76.3 Å². The highest BCUT2D eigenvalue weighted by Crippen LogP contribution is 2.34. The molecule has 0 aromatic rings. The predicted molar refractivity (Wildman–Crippen MR) is 76.8 cm³/mol. The van der Waals surface area contributed by atoms with Gasteiger partial charge in [0.05, 0.1) is 0 Å². The second-order valence-electron chi connectivity index (χ2n) is 7.13. The minimum absolute atomic E-state index is 0.502. The summed E-state index contributed by atoms with van der Waals surface area (Å²) in [5.74, 6) is 1.05.